The lowest BCUT2D eigenvalue weighted by Gasteiger charge is -2.11. The van der Waals surface area contributed by atoms with Crippen molar-refractivity contribution in [3.8, 4) is 11.1 Å². The van der Waals surface area contributed by atoms with Gasteiger partial charge in [0.25, 0.3) is 0 Å². The number of carbonyl (C=O) groups excluding carboxylic acids is 2. The van der Waals surface area contributed by atoms with E-state index in [1.807, 2.05) is 31.2 Å². The minimum Gasteiger partial charge on any atom is -0.478 e. The second kappa shape index (κ2) is 10.9. The van der Waals surface area contributed by atoms with Crippen LogP contribution in [0.25, 0.3) is 11.1 Å². The molecule has 0 aliphatic carbocycles. The van der Waals surface area contributed by atoms with Crippen LogP contribution in [0.1, 0.15) is 76.9 Å². The molecule has 1 N–H and O–H groups in total. The van der Waals surface area contributed by atoms with E-state index in [1.54, 1.807) is 24.3 Å². The predicted octanol–water partition coefficient (Wildman–Crippen LogP) is 4.90. The normalized spacial score (nSPS) is 11.1. The van der Waals surface area contributed by atoms with Crippen LogP contribution >= 0.6 is 0 Å². The van der Waals surface area contributed by atoms with Gasteiger partial charge in [-0.15, -0.1) is 0 Å². The van der Waals surface area contributed by atoms with Gasteiger partial charge in [-0.2, -0.15) is 0 Å². The van der Waals surface area contributed by atoms with Crippen LogP contribution in [0.3, 0.4) is 0 Å². The number of carboxylic acid groups (broad SMARTS) is 1. The molecule has 2 aromatic carbocycles. The Morgan fingerprint density at radius 3 is 2.32 bits per heavy atom. The van der Waals surface area contributed by atoms with Crippen molar-refractivity contribution in [2.24, 2.45) is 5.92 Å². The van der Waals surface area contributed by atoms with Crippen molar-refractivity contribution in [3.05, 3.63) is 81.5 Å². The van der Waals surface area contributed by atoms with Crippen LogP contribution in [0, 0.1) is 5.92 Å². The van der Waals surface area contributed by atoms with Crippen molar-refractivity contribution in [1.29, 1.82) is 0 Å². The Morgan fingerprint density at radius 1 is 1.06 bits per heavy atom. The second-order valence-electron chi connectivity index (χ2n) is 8.78. The Kier molecular flexibility index (Phi) is 7.99. The maximum absolute atomic E-state index is 13.2. The highest BCUT2D eigenvalue weighted by Gasteiger charge is 2.23. The molecule has 0 saturated heterocycles. The maximum Gasteiger partial charge on any atom is 0.336 e. The van der Waals surface area contributed by atoms with Crippen LogP contribution in [0.15, 0.2) is 53.3 Å². The van der Waals surface area contributed by atoms with Crippen LogP contribution in [0.2, 0.25) is 0 Å². The van der Waals surface area contributed by atoms with Gasteiger partial charge in [0.15, 0.2) is 6.29 Å². The Balaban J connectivity index is 2.01. The van der Waals surface area contributed by atoms with Gasteiger partial charge in [-0.25, -0.2) is 14.2 Å². The molecule has 0 unspecified atom stereocenters. The molecule has 178 valence electrons. The molecule has 0 aliphatic heterocycles. The number of hydrogen-bond donors (Lipinski definition) is 1. The van der Waals surface area contributed by atoms with E-state index in [0.717, 1.165) is 22.1 Å². The first-order valence-corrected chi connectivity index (χ1v) is 11.5. The van der Waals surface area contributed by atoms with Crippen molar-refractivity contribution in [1.82, 2.24) is 9.13 Å². The molecule has 3 aromatic rings. The lowest BCUT2D eigenvalue weighted by atomic mass is 9.98. The molecule has 1 aromatic heterocycles. The van der Waals surface area contributed by atoms with Crippen molar-refractivity contribution < 1.29 is 19.5 Å². The minimum absolute atomic E-state index is 0.135. The number of aromatic carboxylic acids is 1. The molecule has 0 atom stereocenters. The van der Waals surface area contributed by atoms with E-state index in [4.69, 9.17) is 0 Å². The summed E-state index contributed by atoms with van der Waals surface area (Å²) >= 11 is 0. The minimum atomic E-state index is -1.000. The summed E-state index contributed by atoms with van der Waals surface area (Å²) < 4.78 is 2.53. The number of hydrogen-bond acceptors (Lipinski definition) is 4. The zero-order valence-electron chi connectivity index (χ0n) is 19.8. The van der Waals surface area contributed by atoms with E-state index in [2.05, 4.69) is 13.8 Å². The van der Waals surface area contributed by atoms with Gasteiger partial charge in [-0.1, -0.05) is 63.2 Å². The molecular weight excluding hydrogens is 432 g/mol. The van der Waals surface area contributed by atoms with E-state index in [-0.39, 0.29) is 30.1 Å². The average molecular weight is 463 g/mol. The monoisotopic (exact) mass is 462 g/mol. The van der Waals surface area contributed by atoms with Crippen molar-refractivity contribution in [2.45, 2.75) is 53.0 Å². The topological polar surface area (TPSA) is 98.4 Å². The molecule has 0 aliphatic rings. The molecule has 0 radical (unpaired) electrons. The number of carboxylic acids is 1. The maximum atomic E-state index is 13.2. The van der Waals surface area contributed by atoms with Gasteiger partial charge in [-0.05, 0) is 47.9 Å². The molecule has 1 heterocycles. The number of nitrogens with zero attached hydrogens (tertiary/aromatic N) is 2. The molecule has 0 saturated carbocycles. The Bertz CT molecular complexity index is 1250. The third-order valence-electron chi connectivity index (χ3n) is 5.83. The van der Waals surface area contributed by atoms with Crippen LogP contribution in [0.5, 0.6) is 0 Å². The highest BCUT2D eigenvalue weighted by atomic mass is 16.4. The molecule has 7 heteroatoms. The SMILES string of the molecule is CCCC(=O)n1c(C=O)c(CCC(C)C)n(Cc2ccc(-c3ccccc3C(=O)O)cc2)c1=O. The van der Waals surface area contributed by atoms with Gasteiger partial charge in [0.2, 0.25) is 5.91 Å². The summed E-state index contributed by atoms with van der Waals surface area (Å²) in [5, 5.41) is 9.47. The number of aldehydes is 1. The molecule has 34 heavy (non-hydrogen) atoms. The Labute approximate surface area is 198 Å². The van der Waals surface area contributed by atoms with Gasteiger partial charge < -0.3 is 5.11 Å². The fraction of sp³-hybridized carbons (Fsp3) is 0.333. The van der Waals surface area contributed by atoms with Gasteiger partial charge in [0.05, 0.1) is 17.8 Å². The van der Waals surface area contributed by atoms with E-state index >= 15 is 0 Å². The third kappa shape index (κ3) is 5.25. The number of aromatic nitrogens is 2. The number of rotatable bonds is 10. The highest BCUT2D eigenvalue weighted by Crippen LogP contribution is 2.24. The van der Waals surface area contributed by atoms with Crippen molar-refractivity contribution >= 4 is 18.2 Å². The summed E-state index contributed by atoms with van der Waals surface area (Å²) in [6.45, 7) is 6.19. The second-order valence-corrected chi connectivity index (χ2v) is 8.78. The molecule has 0 bridgehead atoms. The lowest BCUT2D eigenvalue weighted by Crippen LogP contribution is -2.30. The first-order chi connectivity index (χ1) is 16.3. The number of carbonyl (C=O) groups is 3. The largest absolute Gasteiger partial charge is 0.478 e. The summed E-state index contributed by atoms with van der Waals surface area (Å²) in [6, 6.07) is 14.1. The van der Waals surface area contributed by atoms with E-state index in [0.29, 0.717) is 36.3 Å². The average Bonchev–Trinajstić information content (AvgIpc) is 3.08. The van der Waals surface area contributed by atoms with E-state index in [1.165, 1.54) is 4.57 Å². The van der Waals surface area contributed by atoms with Crippen molar-refractivity contribution in [3.63, 3.8) is 0 Å². The zero-order valence-corrected chi connectivity index (χ0v) is 19.8. The fourth-order valence-corrected chi connectivity index (χ4v) is 4.04. The van der Waals surface area contributed by atoms with Crippen LogP contribution in [0.4, 0.5) is 0 Å². The molecular formula is C27H30N2O5. The third-order valence-corrected chi connectivity index (χ3v) is 5.83. The molecule has 3 rings (SSSR count). The molecule has 0 spiro atoms. The molecule has 7 nitrogen and oxygen atoms in total. The smallest absolute Gasteiger partial charge is 0.336 e. The first kappa shape index (κ1) is 24.9. The quantitative estimate of drug-likeness (QED) is 0.432. The standard InChI is InChI=1S/C27H30N2O5/c1-4-7-25(31)29-24(17-30)23(15-10-18(2)3)28(27(29)34)16-19-11-13-20(14-12-19)21-8-5-6-9-22(21)26(32)33/h5-6,8-9,11-14,17-18H,4,7,10,15-16H2,1-3H3,(H,32,33). The van der Waals surface area contributed by atoms with E-state index in [9.17, 15) is 24.3 Å². The van der Waals surface area contributed by atoms with E-state index < -0.39 is 11.7 Å². The number of benzene rings is 2. The van der Waals surface area contributed by atoms with Crippen molar-refractivity contribution in [2.75, 3.05) is 0 Å². The highest BCUT2D eigenvalue weighted by molar-refractivity contribution is 5.96. The predicted molar refractivity (Wildman–Crippen MR) is 131 cm³/mol. The zero-order chi connectivity index (χ0) is 24.8. The van der Waals surface area contributed by atoms with Gasteiger partial charge in [0, 0.05) is 6.42 Å². The summed E-state index contributed by atoms with van der Waals surface area (Å²) in [7, 11) is 0. The molecule has 0 fully saturated rings. The number of imidazole rings is 1. The lowest BCUT2D eigenvalue weighted by molar-refractivity contribution is 0.0697. The van der Waals surface area contributed by atoms with Gasteiger partial charge in [0.1, 0.15) is 5.69 Å². The van der Waals surface area contributed by atoms with Crippen LogP contribution in [-0.4, -0.2) is 32.4 Å². The van der Waals surface area contributed by atoms with Crippen LogP contribution in [-0.2, 0) is 13.0 Å². The first-order valence-electron chi connectivity index (χ1n) is 11.5. The van der Waals surface area contributed by atoms with Crippen LogP contribution < -0.4 is 5.69 Å². The summed E-state index contributed by atoms with van der Waals surface area (Å²) in [4.78, 5) is 49.3. The summed E-state index contributed by atoms with van der Waals surface area (Å²) in [5.74, 6) is -1.01. The Hall–Kier alpha value is -3.74. The van der Waals surface area contributed by atoms with Gasteiger partial charge >= 0.3 is 11.7 Å². The fourth-order valence-electron chi connectivity index (χ4n) is 4.04. The summed E-state index contributed by atoms with van der Waals surface area (Å²) in [6.07, 6.45) is 2.66. The molecule has 0 amide bonds. The van der Waals surface area contributed by atoms with Gasteiger partial charge in [-0.3, -0.25) is 14.2 Å². The Morgan fingerprint density at radius 2 is 1.74 bits per heavy atom. The summed E-state index contributed by atoms with van der Waals surface area (Å²) in [5.41, 5.74) is 2.58.